The third kappa shape index (κ3) is 5.13. The van der Waals surface area contributed by atoms with E-state index in [0.29, 0.717) is 31.2 Å². The molecule has 6 rings (SSSR count). The number of halogens is 3. The van der Waals surface area contributed by atoms with E-state index in [-0.39, 0.29) is 40.1 Å². The van der Waals surface area contributed by atoms with Crippen molar-refractivity contribution in [1.82, 2.24) is 5.32 Å². The number of amides is 1. The van der Waals surface area contributed by atoms with Crippen molar-refractivity contribution in [3.8, 4) is 6.07 Å². The quantitative estimate of drug-likeness (QED) is 0.195. The second kappa shape index (κ2) is 11.3. The highest BCUT2D eigenvalue weighted by molar-refractivity contribution is 6.04. The lowest BCUT2D eigenvalue weighted by molar-refractivity contribution is -0.163. The number of hydrogen-bond acceptors (Lipinski definition) is 4. The summed E-state index contributed by atoms with van der Waals surface area (Å²) in [6, 6.07) is 6.29. The normalized spacial score (nSPS) is 37.4. The number of nitriles is 1. The third-order valence-electron chi connectivity index (χ3n) is 14.1. The molecule has 0 aromatic heterocycles. The average Bonchev–Trinajstić information content (AvgIpc) is 3.03. The number of alkyl halides is 3. The van der Waals surface area contributed by atoms with Crippen molar-refractivity contribution in [2.45, 2.75) is 105 Å². The van der Waals surface area contributed by atoms with Gasteiger partial charge in [-0.1, -0.05) is 72.2 Å². The molecule has 264 valence electrons. The summed E-state index contributed by atoms with van der Waals surface area (Å²) >= 11 is 0. The predicted octanol–water partition coefficient (Wildman–Crippen LogP) is 9.05. The van der Waals surface area contributed by atoms with Crippen molar-refractivity contribution >= 4 is 23.5 Å². The zero-order valence-electron chi connectivity index (χ0n) is 30.0. The number of ketones is 2. The van der Waals surface area contributed by atoms with Crippen LogP contribution < -0.4 is 5.32 Å². The van der Waals surface area contributed by atoms with Crippen molar-refractivity contribution in [1.29, 1.82) is 5.26 Å². The summed E-state index contributed by atoms with van der Waals surface area (Å²) in [5.41, 5.74) is -2.70. The maximum atomic E-state index is 14.8. The molecule has 3 saturated carbocycles. The fraction of sp³-hybridized carbons (Fsp3) is 0.585. The molecule has 0 unspecified atom stereocenters. The summed E-state index contributed by atoms with van der Waals surface area (Å²) in [5.74, 6) is -1.40. The summed E-state index contributed by atoms with van der Waals surface area (Å²) in [4.78, 5) is 45.7. The Bertz CT molecular complexity index is 1850. The minimum absolute atomic E-state index is 0.0103. The first-order valence-corrected chi connectivity index (χ1v) is 17.6. The number of rotatable bonds is 3. The van der Waals surface area contributed by atoms with Crippen molar-refractivity contribution in [3.63, 3.8) is 0 Å². The molecular formula is C41H46F3N3O3. The van der Waals surface area contributed by atoms with Gasteiger partial charge in [0.25, 0.3) is 5.91 Å². The minimum Gasteiger partial charge on any atom is -0.346 e. The summed E-state index contributed by atoms with van der Waals surface area (Å²) < 4.78 is 39.4. The van der Waals surface area contributed by atoms with Crippen LogP contribution in [0, 0.1) is 62.7 Å². The Labute approximate surface area is 293 Å². The average molecular weight is 686 g/mol. The molecule has 6 nitrogen and oxygen atoms in total. The molecule has 1 N–H and O–H groups in total. The molecule has 1 aromatic carbocycles. The van der Waals surface area contributed by atoms with Gasteiger partial charge < -0.3 is 10.1 Å². The van der Waals surface area contributed by atoms with Gasteiger partial charge in [0.05, 0.1) is 12.1 Å². The summed E-state index contributed by atoms with van der Waals surface area (Å²) in [6.45, 7) is 22.6. The van der Waals surface area contributed by atoms with Gasteiger partial charge in [-0.3, -0.25) is 9.59 Å². The molecule has 1 aromatic rings. The van der Waals surface area contributed by atoms with Gasteiger partial charge in [0.2, 0.25) is 5.70 Å². The van der Waals surface area contributed by atoms with Gasteiger partial charge >= 0.3 is 6.18 Å². The van der Waals surface area contributed by atoms with Crippen LogP contribution in [-0.2, 0) is 20.6 Å². The third-order valence-corrected chi connectivity index (χ3v) is 14.1. The number of allylic oxidation sites excluding steroid dienone is 4. The maximum Gasteiger partial charge on any atom is 0.416 e. The topological polar surface area (TPSA) is 91.4 Å². The second-order valence-corrected chi connectivity index (χ2v) is 17.6. The smallest absolute Gasteiger partial charge is 0.346 e. The van der Waals surface area contributed by atoms with E-state index in [9.17, 15) is 32.8 Å². The Morgan fingerprint density at radius 3 is 2.24 bits per heavy atom. The zero-order valence-corrected chi connectivity index (χ0v) is 30.0. The van der Waals surface area contributed by atoms with E-state index >= 15 is 0 Å². The van der Waals surface area contributed by atoms with E-state index in [1.807, 2.05) is 32.1 Å². The summed E-state index contributed by atoms with van der Waals surface area (Å²) in [6.07, 6.45) is 5.45. The highest BCUT2D eigenvalue weighted by Crippen LogP contribution is 2.73. The Balaban J connectivity index is 1.40. The highest BCUT2D eigenvalue weighted by atomic mass is 19.4. The highest BCUT2D eigenvalue weighted by Gasteiger charge is 2.70. The van der Waals surface area contributed by atoms with Crippen LogP contribution in [0.3, 0.4) is 0 Å². The van der Waals surface area contributed by atoms with E-state index in [2.05, 4.69) is 44.8 Å². The fourth-order valence-electron chi connectivity index (χ4n) is 11.2. The lowest BCUT2D eigenvalue weighted by atomic mass is 9.35. The number of nitrogens with one attached hydrogen (secondary N) is 1. The molecular weight excluding hydrogens is 639 g/mol. The number of benzene rings is 1. The first-order valence-electron chi connectivity index (χ1n) is 17.6. The van der Waals surface area contributed by atoms with Gasteiger partial charge in [0.1, 0.15) is 11.6 Å². The van der Waals surface area contributed by atoms with E-state index < -0.39 is 50.8 Å². The van der Waals surface area contributed by atoms with Crippen LogP contribution in [0.25, 0.3) is 10.9 Å². The Morgan fingerprint density at radius 2 is 1.64 bits per heavy atom. The number of Topliss-reactive ketones (excluding diaryl/α,β-unsaturated/α-hetero) is 1. The molecule has 0 spiro atoms. The van der Waals surface area contributed by atoms with E-state index in [0.717, 1.165) is 37.0 Å². The van der Waals surface area contributed by atoms with Crippen molar-refractivity contribution in [2.24, 2.45) is 44.8 Å². The molecule has 0 bridgehead atoms. The maximum absolute atomic E-state index is 14.8. The zero-order chi connectivity index (χ0) is 36.9. The number of carbonyl (C=O) groups is 3. The summed E-state index contributed by atoms with van der Waals surface area (Å²) in [7, 11) is 0. The SMILES string of the molecule is [C-]#[N+]C1=C[C@]2(C)C3=CC(=O)[C@@H]4[C@@H]5CC(C)(C)CC[C@]5(NC(=O)/C(C#N)=C/c5ccc(C(F)(F)F)cc5)CC[C@@]4(C)[C@]3(C)CC[C@H]2C(C)(C)C1=O. The molecule has 3 fully saturated rings. The summed E-state index contributed by atoms with van der Waals surface area (Å²) in [5, 5.41) is 13.3. The van der Waals surface area contributed by atoms with E-state index in [4.69, 9.17) is 6.57 Å². The lowest BCUT2D eigenvalue weighted by Crippen LogP contribution is -2.69. The Morgan fingerprint density at radius 1 is 1.00 bits per heavy atom. The van der Waals surface area contributed by atoms with Crippen molar-refractivity contribution < 1.29 is 27.6 Å². The van der Waals surface area contributed by atoms with Crippen molar-refractivity contribution in [3.05, 3.63) is 75.8 Å². The second-order valence-electron chi connectivity index (χ2n) is 17.6. The van der Waals surface area contributed by atoms with Crippen LogP contribution in [0.4, 0.5) is 13.2 Å². The molecule has 50 heavy (non-hydrogen) atoms. The molecule has 7 atom stereocenters. The van der Waals surface area contributed by atoms with Crippen LogP contribution in [0.2, 0.25) is 0 Å². The van der Waals surface area contributed by atoms with Crippen LogP contribution in [-0.4, -0.2) is 23.0 Å². The molecule has 9 heteroatoms. The van der Waals surface area contributed by atoms with Gasteiger partial charge in [-0.2, -0.15) is 18.4 Å². The van der Waals surface area contributed by atoms with Gasteiger partial charge in [0.15, 0.2) is 11.6 Å². The largest absolute Gasteiger partial charge is 0.416 e. The lowest BCUT2D eigenvalue weighted by Gasteiger charge is -2.69. The number of fused-ring (bicyclic) bond motifs is 7. The predicted molar refractivity (Wildman–Crippen MR) is 183 cm³/mol. The molecule has 0 aliphatic heterocycles. The molecule has 0 heterocycles. The Hall–Kier alpha value is -3.98. The first kappa shape index (κ1) is 35.8. The van der Waals surface area contributed by atoms with Crippen molar-refractivity contribution in [2.75, 3.05) is 0 Å². The van der Waals surface area contributed by atoms with Crippen LogP contribution in [0.5, 0.6) is 0 Å². The van der Waals surface area contributed by atoms with Crippen LogP contribution >= 0.6 is 0 Å². The standard InChI is InChI=1S/C41H46F3N3O3/c1-35(2)15-17-40(47-34(50)25(23-45)19-24-9-11-26(12-10-24)41(42,43)44)18-16-39(7)32(27(40)21-35)29(48)20-31-37(5)22-28(46-8)33(49)36(3,4)30(37)13-14-38(31,39)6/h9-12,19-20,22,27,30,32H,13-18,21H2,1-7H3,(H,47,50)/b25-19+/t27-,30-,32-,37-,38+,39+,40-/m0/s1. The minimum atomic E-state index is -4.50. The Kier molecular flexibility index (Phi) is 8.07. The first-order chi connectivity index (χ1) is 23.1. The number of hydrogen-bond donors (Lipinski definition) is 1. The van der Waals surface area contributed by atoms with Gasteiger partial charge in [-0.15, -0.1) is 0 Å². The van der Waals surface area contributed by atoms with Gasteiger partial charge in [-0.25, -0.2) is 4.85 Å². The monoisotopic (exact) mass is 685 g/mol. The molecule has 5 aliphatic rings. The van der Waals surface area contributed by atoms with Gasteiger partial charge in [0, 0.05) is 22.3 Å². The number of carbonyl (C=O) groups excluding carboxylic acids is 3. The van der Waals surface area contributed by atoms with E-state index in [1.54, 1.807) is 0 Å². The fourth-order valence-corrected chi connectivity index (χ4v) is 11.2. The number of nitrogens with zero attached hydrogens (tertiary/aromatic N) is 2. The molecule has 0 radical (unpaired) electrons. The van der Waals surface area contributed by atoms with Crippen LogP contribution in [0.15, 0.2) is 53.3 Å². The molecule has 0 saturated heterocycles. The van der Waals surface area contributed by atoms with Gasteiger partial charge in [-0.05, 0) is 103 Å². The van der Waals surface area contributed by atoms with E-state index in [1.165, 1.54) is 18.2 Å². The van der Waals surface area contributed by atoms with Crippen LogP contribution in [0.1, 0.15) is 105 Å². The molecule has 1 amide bonds. The molecule has 5 aliphatic carbocycles.